The Labute approximate surface area is 113 Å². The van der Waals surface area contributed by atoms with E-state index in [-0.39, 0.29) is 28.4 Å². The first-order valence-electron chi connectivity index (χ1n) is 5.91. The Morgan fingerprint density at radius 1 is 1.00 bits per heavy atom. The minimum Gasteiger partial charge on any atom is -0.504 e. The highest BCUT2D eigenvalue weighted by Crippen LogP contribution is 2.32. The molecule has 3 rings (SSSR count). The molecule has 4 N–H and O–H groups in total. The van der Waals surface area contributed by atoms with Crippen molar-refractivity contribution in [1.82, 2.24) is 0 Å². The van der Waals surface area contributed by atoms with Crippen LogP contribution in [-0.4, -0.2) is 10.2 Å². The number of hydrogen-bond donors (Lipinski definition) is 3. The van der Waals surface area contributed by atoms with Crippen LogP contribution >= 0.6 is 0 Å². The molecule has 0 aliphatic carbocycles. The van der Waals surface area contributed by atoms with Gasteiger partial charge in [0.1, 0.15) is 5.58 Å². The van der Waals surface area contributed by atoms with Gasteiger partial charge in [-0.05, 0) is 29.8 Å². The third-order valence-corrected chi connectivity index (χ3v) is 3.09. The lowest BCUT2D eigenvalue weighted by Crippen LogP contribution is -2.08. The molecule has 0 atom stereocenters. The molecule has 2 aromatic carbocycles. The molecule has 100 valence electrons. The van der Waals surface area contributed by atoms with Crippen molar-refractivity contribution in [3.63, 3.8) is 0 Å². The van der Waals surface area contributed by atoms with Gasteiger partial charge in [-0.1, -0.05) is 18.2 Å². The average molecular weight is 269 g/mol. The summed E-state index contributed by atoms with van der Waals surface area (Å²) < 4.78 is 5.43. The highest BCUT2D eigenvalue weighted by atomic mass is 16.3. The van der Waals surface area contributed by atoms with Crippen molar-refractivity contribution in [1.29, 1.82) is 0 Å². The van der Waals surface area contributed by atoms with E-state index in [9.17, 15) is 15.0 Å². The molecule has 0 saturated carbocycles. The van der Waals surface area contributed by atoms with Crippen molar-refractivity contribution in [2.24, 2.45) is 0 Å². The second-order valence-electron chi connectivity index (χ2n) is 4.37. The maximum absolute atomic E-state index is 12.5. The molecule has 3 aromatic rings. The van der Waals surface area contributed by atoms with Crippen LogP contribution in [0.1, 0.15) is 0 Å². The molecule has 0 saturated heterocycles. The number of aromatic hydroxyl groups is 2. The monoisotopic (exact) mass is 269 g/mol. The summed E-state index contributed by atoms with van der Waals surface area (Å²) in [6.45, 7) is 0. The summed E-state index contributed by atoms with van der Waals surface area (Å²) in [5, 5.41) is 19.3. The zero-order valence-corrected chi connectivity index (χ0v) is 10.3. The van der Waals surface area contributed by atoms with Gasteiger partial charge in [-0.2, -0.15) is 0 Å². The summed E-state index contributed by atoms with van der Waals surface area (Å²) in [4.78, 5) is 12.5. The highest BCUT2D eigenvalue weighted by Gasteiger charge is 2.15. The van der Waals surface area contributed by atoms with Crippen molar-refractivity contribution >= 4 is 16.9 Å². The lowest BCUT2D eigenvalue weighted by molar-refractivity contribution is 0.404. The summed E-state index contributed by atoms with van der Waals surface area (Å²) in [5.41, 5.74) is 6.47. The molecular weight excluding hydrogens is 258 g/mol. The Kier molecular flexibility index (Phi) is 2.61. The van der Waals surface area contributed by atoms with Gasteiger partial charge in [0, 0.05) is 0 Å². The van der Waals surface area contributed by atoms with Gasteiger partial charge >= 0.3 is 0 Å². The van der Waals surface area contributed by atoms with Crippen LogP contribution in [0.2, 0.25) is 0 Å². The summed E-state index contributed by atoms with van der Waals surface area (Å²) >= 11 is 0. The number of benzene rings is 2. The maximum Gasteiger partial charge on any atom is 0.202 e. The Bertz CT molecular complexity index is 867. The highest BCUT2D eigenvalue weighted by molar-refractivity contribution is 5.86. The minimum absolute atomic E-state index is 0.0289. The summed E-state index contributed by atoms with van der Waals surface area (Å²) in [6.07, 6.45) is 0. The van der Waals surface area contributed by atoms with Gasteiger partial charge < -0.3 is 20.4 Å². The molecule has 0 aliphatic heterocycles. The third-order valence-electron chi connectivity index (χ3n) is 3.09. The molecule has 0 bridgehead atoms. The summed E-state index contributed by atoms with van der Waals surface area (Å²) in [5.74, 6) is -0.620. The van der Waals surface area contributed by atoms with Gasteiger partial charge in [0.15, 0.2) is 11.5 Å². The molecule has 0 amide bonds. The van der Waals surface area contributed by atoms with Crippen LogP contribution < -0.4 is 11.2 Å². The van der Waals surface area contributed by atoms with Gasteiger partial charge in [-0.3, -0.25) is 4.79 Å². The fourth-order valence-corrected chi connectivity index (χ4v) is 2.11. The van der Waals surface area contributed by atoms with Crippen LogP contribution in [0.5, 0.6) is 11.5 Å². The second kappa shape index (κ2) is 4.31. The fourth-order valence-electron chi connectivity index (χ4n) is 2.11. The Morgan fingerprint density at radius 2 is 1.75 bits per heavy atom. The predicted octanol–water partition coefficient (Wildman–Crippen LogP) is 2.45. The van der Waals surface area contributed by atoms with E-state index in [0.29, 0.717) is 16.5 Å². The number of nitrogens with two attached hydrogens (primary N) is 1. The zero-order valence-electron chi connectivity index (χ0n) is 10.3. The summed E-state index contributed by atoms with van der Waals surface area (Å²) in [6, 6.07) is 10.8. The molecule has 5 nitrogen and oxygen atoms in total. The van der Waals surface area contributed by atoms with Crippen molar-refractivity contribution in [3.05, 3.63) is 52.7 Å². The molecule has 1 aromatic heterocycles. The SMILES string of the molecule is Nc1oc2ccccc2c(=O)c1-c1ccc(O)c(O)c1. The number of phenols is 2. The number of anilines is 1. The largest absolute Gasteiger partial charge is 0.504 e. The molecule has 0 aliphatic rings. The van der Waals surface area contributed by atoms with E-state index in [2.05, 4.69) is 0 Å². The van der Waals surface area contributed by atoms with Crippen LogP contribution in [0.4, 0.5) is 5.88 Å². The van der Waals surface area contributed by atoms with E-state index in [1.807, 2.05) is 0 Å². The number of phenolic OH excluding ortho intramolecular Hbond substituents is 2. The zero-order chi connectivity index (χ0) is 14.3. The average Bonchev–Trinajstić information content (AvgIpc) is 2.43. The minimum atomic E-state index is -0.325. The van der Waals surface area contributed by atoms with Gasteiger partial charge in [0.05, 0.1) is 10.9 Å². The van der Waals surface area contributed by atoms with Gasteiger partial charge in [-0.15, -0.1) is 0 Å². The lowest BCUT2D eigenvalue weighted by atomic mass is 10.0. The molecular formula is C15H11NO4. The number of para-hydroxylation sites is 1. The molecule has 5 heteroatoms. The van der Waals surface area contributed by atoms with Crippen molar-refractivity contribution in [2.75, 3.05) is 5.73 Å². The first kappa shape index (κ1) is 12.1. The van der Waals surface area contributed by atoms with E-state index in [0.717, 1.165) is 0 Å². The maximum atomic E-state index is 12.5. The van der Waals surface area contributed by atoms with Crippen molar-refractivity contribution < 1.29 is 14.6 Å². The standard InChI is InChI=1S/C15H11NO4/c16-15-13(8-5-6-10(17)11(18)7-8)14(19)9-3-1-2-4-12(9)20-15/h1-7,17-18H,16H2. The molecule has 0 fully saturated rings. The second-order valence-corrected chi connectivity index (χ2v) is 4.37. The predicted molar refractivity (Wildman–Crippen MR) is 75.7 cm³/mol. The number of fused-ring (bicyclic) bond motifs is 1. The molecule has 1 heterocycles. The smallest absolute Gasteiger partial charge is 0.202 e. The Balaban J connectivity index is 2.36. The van der Waals surface area contributed by atoms with Gasteiger partial charge in [-0.25, -0.2) is 0 Å². The van der Waals surface area contributed by atoms with Crippen LogP contribution in [-0.2, 0) is 0 Å². The van der Waals surface area contributed by atoms with E-state index in [4.69, 9.17) is 10.2 Å². The normalized spacial score (nSPS) is 10.8. The first-order chi connectivity index (χ1) is 9.58. The third kappa shape index (κ3) is 1.76. The molecule has 0 unspecified atom stereocenters. The van der Waals surface area contributed by atoms with Crippen molar-refractivity contribution in [3.8, 4) is 22.6 Å². The summed E-state index contributed by atoms with van der Waals surface area (Å²) in [7, 11) is 0. The van der Waals surface area contributed by atoms with Crippen LogP contribution in [0.3, 0.4) is 0 Å². The van der Waals surface area contributed by atoms with Gasteiger partial charge in [0.2, 0.25) is 11.3 Å². The van der Waals surface area contributed by atoms with Crippen LogP contribution in [0.25, 0.3) is 22.1 Å². The van der Waals surface area contributed by atoms with E-state index in [1.165, 1.54) is 18.2 Å². The number of rotatable bonds is 1. The van der Waals surface area contributed by atoms with E-state index < -0.39 is 0 Å². The fraction of sp³-hybridized carbons (Fsp3) is 0. The van der Waals surface area contributed by atoms with Crippen LogP contribution in [0, 0.1) is 0 Å². The number of nitrogen functional groups attached to an aromatic ring is 1. The van der Waals surface area contributed by atoms with Crippen molar-refractivity contribution in [2.45, 2.75) is 0 Å². The quantitative estimate of drug-likeness (QED) is 0.589. The Morgan fingerprint density at radius 3 is 2.50 bits per heavy atom. The number of hydrogen-bond acceptors (Lipinski definition) is 5. The molecule has 20 heavy (non-hydrogen) atoms. The van der Waals surface area contributed by atoms with Gasteiger partial charge in [0.25, 0.3) is 0 Å². The first-order valence-corrected chi connectivity index (χ1v) is 5.91. The molecule has 0 radical (unpaired) electrons. The molecule has 0 spiro atoms. The van der Waals surface area contributed by atoms with E-state index >= 15 is 0 Å². The van der Waals surface area contributed by atoms with Crippen LogP contribution in [0.15, 0.2) is 51.7 Å². The topological polar surface area (TPSA) is 96.7 Å². The Hall–Kier alpha value is -2.95. The lowest BCUT2D eigenvalue weighted by Gasteiger charge is -2.07. The van der Waals surface area contributed by atoms with E-state index in [1.54, 1.807) is 24.3 Å².